The van der Waals surface area contributed by atoms with Crippen LogP contribution in [0, 0.1) is 0 Å². The molecule has 0 aliphatic heterocycles. The quantitative estimate of drug-likeness (QED) is 0.147. The zero-order valence-electron chi connectivity index (χ0n) is 22.6. The molecule has 3 N–H and O–H groups in total. The molecule has 200 valence electrons. The van der Waals surface area contributed by atoms with Gasteiger partial charge in [0, 0.05) is 31.5 Å². The molecule has 1 atom stereocenters. The van der Waals surface area contributed by atoms with Gasteiger partial charge in [0.05, 0.1) is 6.04 Å². The van der Waals surface area contributed by atoms with Gasteiger partial charge in [-0.25, -0.2) is 0 Å². The lowest BCUT2D eigenvalue weighted by Gasteiger charge is -2.18. The third-order valence-corrected chi connectivity index (χ3v) is 6.97. The van der Waals surface area contributed by atoms with Crippen molar-refractivity contribution >= 4 is 29.3 Å². The van der Waals surface area contributed by atoms with Gasteiger partial charge in [-0.15, -0.1) is 0 Å². The number of anilines is 1. The Kier molecular flexibility index (Phi) is 19.6. The molecule has 0 aliphatic carbocycles. The van der Waals surface area contributed by atoms with Gasteiger partial charge in [-0.2, -0.15) is 11.8 Å². The average molecular weight is 506 g/mol. The van der Waals surface area contributed by atoms with E-state index < -0.39 is 0 Å². The van der Waals surface area contributed by atoms with Crippen LogP contribution in [0.1, 0.15) is 109 Å². The first-order chi connectivity index (χ1) is 17.1. The maximum atomic E-state index is 12.6. The highest BCUT2D eigenvalue weighted by Gasteiger charge is 2.16. The van der Waals surface area contributed by atoms with Crippen molar-refractivity contribution in [3.05, 3.63) is 29.8 Å². The monoisotopic (exact) mass is 505 g/mol. The van der Waals surface area contributed by atoms with Crippen LogP contribution in [0.3, 0.4) is 0 Å². The lowest BCUT2D eigenvalue weighted by Crippen LogP contribution is -2.45. The number of hydrogen-bond donors (Lipinski definition) is 3. The van der Waals surface area contributed by atoms with E-state index in [4.69, 9.17) is 0 Å². The Morgan fingerprint density at radius 3 is 1.80 bits per heavy atom. The van der Waals surface area contributed by atoms with Crippen molar-refractivity contribution in [2.45, 2.75) is 116 Å². The standard InChI is InChI=1S/C29H51N3O2S/c1-4-5-6-7-8-9-10-11-12-13-14-15-16-17-22-30-29(34)28(24-35-3)31-23-26-18-20-27(21-19-26)32-25(2)33/h18-21,28,31H,4-17,22-24H2,1-3H3,(H,30,34)(H,32,33)/t28-/m0/s1. The van der Waals surface area contributed by atoms with E-state index in [0.717, 1.165) is 30.0 Å². The van der Waals surface area contributed by atoms with E-state index >= 15 is 0 Å². The van der Waals surface area contributed by atoms with Gasteiger partial charge in [-0.1, -0.05) is 103 Å². The summed E-state index contributed by atoms with van der Waals surface area (Å²) in [5.41, 5.74) is 1.87. The molecule has 1 aromatic rings. The predicted molar refractivity (Wildman–Crippen MR) is 153 cm³/mol. The van der Waals surface area contributed by atoms with Crippen molar-refractivity contribution in [2.24, 2.45) is 0 Å². The number of hydrogen-bond acceptors (Lipinski definition) is 4. The SMILES string of the molecule is CCCCCCCCCCCCCCCCNC(=O)[C@H](CSC)NCc1ccc(NC(C)=O)cc1. The molecule has 0 fully saturated rings. The smallest absolute Gasteiger partial charge is 0.238 e. The fourth-order valence-electron chi connectivity index (χ4n) is 4.20. The molecular formula is C29H51N3O2S. The van der Waals surface area contributed by atoms with Crippen LogP contribution in [0.2, 0.25) is 0 Å². The lowest BCUT2D eigenvalue weighted by molar-refractivity contribution is -0.122. The third-order valence-electron chi connectivity index (χ3n) is 6.31. The van der Waals surface area contributed by atoms with Gasteiger partial charge in [0.25, 0.3) is 0 Å². The fraction of sp³-hybridized carbons (Fsp3) is 0.724. The molecule has 2 amide bonds. The van der Waals surface area contributed by atoms with Gasteiger partial charge in [-0.05, 0) is 30.4 Å². The van der Waals surface area contributed by atoms with Gasteiger partial charge >= 0.3 is 0 Å². The summed E-state index contributed by atoms with van der Waals surface area (Å²) in [5, 5.41) is 9.26. The predicted octanol–water partition coefficient (Wildman–Crippen LogP) is 7.06. The first-order valence-corrected chi connectivity index (χ1v) is 15.3. The van der Waals surface area contributed by atoms with Gasteiger partial charge in [-0.3, -0.25) is 9.59 Å². The minimum Gasteiger partial charge on any atom is -0.355 e. The second-order valence-electron chi connectivity index (χ2n) is 9.65. The largest absolute Gasteiger partial charge is 0.355 e. The maximum Gasteiger partial charge on any atom is 0.238 e. The summed E-state index contributed by atoms with van der Waals surface area (Å²) < 4.78 is 0. The Morgan fingerprint density at radius 1 is 0.800 bits per heavy atom. The summed E-state index contributed by atoms with van der Waals surface area (Å²) in [6.07, 6.45) is 20.8. The molecule has 6 heteroatoms. The van der Waals surface area contributed by atoms with Crippen LogP contribution < -0.4 is 16.0 Å². The molecule has 0 saturated heterocycles. The van der Waals surface area contributed by atoms with Crippen molar-refractivity contribution in [1.82, 2.24) is 10.6 Å². The van der Waals surface area contributed by atoms with E-state index in [1.807, 2.05) is 30.5 Å². The third kappa shape index (κ3) is 17.5. The van der Waals surface area contributed by atoms with E-state index in [0.29, 0.717) is 6.54 Å². The zero-order valence-corrected chi connectivity index (χ0v) is 23.4. The number of unbranched alkanes of at least 4 members (excludes halogenated alkanes) is 13. The van der Waals surface area contributed by atoms with Crippen LogP contribution >= 0.6 is 11.8 Å². The van der Waals surface area contributed by atoms with Crippen LogP contribution in [-0.4, -0.2) is 36.4 Å². The first kappa shape index (κ1) is 31.5. The molecule has 0 bridgehead atoms. The van der Waals surface area contributed by atoms with E-state index in [1.54, 1.807) is 11.8 Å². The van der Waals surface area contributed by atoms with Crippen molar-refractivity contribution in [3.8, 4) is 0 Å². The Labute approximate surface area is 219 Å². The highest BCUT2D eigenvalue weighted by atomic mass is 32.2. The average Bonchev–Trinajstić information content (AvgIpc) is 2.84. The second-order valence-corrected chi connectivity index (χ2v) is 10.6. The molecule has 0 spiro atoms. The molecule has 0 aliphatic rings. The van der Waals surface area contributed by atoms with Crippen molar-refractivity contribution in [2.75, 3.05) is 23.9 Å². The molecule has 0 radical (unpaired) electrons. The molecule has 0 aromatic heterocycles. The van der Waals surface area contributed by atoms with Crippen molar-refractivity contribution in [3.63, 3.8) is 0 Å². The summed E-state index contributed by atoms with van der Waals surface area (Å²) in [6, 6.07) is 7.52. The molecule has 0 saturated carbocycles. The van der Waals surface area contributed by atoms with Gasteiger partial charge in [0.1, 0.15) is 0 Å². The van der Waals surface area contributed by atoms with Gasteiger partial charge in [0.2, 0.25) is 11.8 Å². The second kappa shape index (κ2) is 21.7. The van der Waals surface area contributed by atoms with Gasteiger partial charge in [0.15, 0.2) is 0 Å². The topological polar surface area (TPSA) is 70.2 Å². The van der Waals surface area contributed by atoms with Crippen LogP contribution in [0.5, 0.6) is 0 Å². The van der Waals surface area contributed by atoms with Crippen LogP contribution in [-0.2, 0) is 16.1 Å². The Morgan fingerprint density at radius 2 is 1.31 bits per heavy atom. The van der Waals surface area contributed by atoms with Crippen molar-refractivity contribution < 1.29 is 9.59 Å². The number of rotatable bonds is 22. The van der Waals surface area contributed by atoms with Crippen LogP contribution in [0.25, 0.3) is 0 Å². The molecule has 0 unspecified atom stereocenters. The maximum absolute atomic E-state index is 12.6. The van der Waals surface area contributed by atoms with Crippen molar-refractivity contribution in [1.29, 1.82) is 0 Å². The minimum absolute atomic E-state index is 0.0774. The lowest BCUT2D eigenvalue weighted by atomic mass is 10.0. The summed E-state index contributed by atoms with van der Waals surface area (Å²) in [7, 11) is 0. The molecule has 35 heavy (non-hydrogen) atoms. The number of carbonyl (C=O) groups is 2. The molecule has 5 nitrogen and oxygen atoms in total. The number of carbonyl (C=O) groups excluding carboxylic acids is 2. The fourth-order valence-corrected chi connectivity index (χ4v) is 4.80. The molecule has 1 aromatic carbocycles. The van der Waals surface area contributed by atoms with Crippen LogP contribution in [0.4, 0.5) is 5.69 Å². The summed E-state index contributed by atoms with van der Waals surface area (Å²) >= 11 is 1.68. The number of thioether (sulfide) groups is 1. The number of amides is 2. The summed E-state index contributed by atoms with van der Waals surface area (Å²) in [4.78, 5) is 23.8. The van der Waals surface area contributed by atoms with Crippen LogP contribution in [0.15, 0.2) is 24.3 Å². The Balaban J connectivity index is 2.07. The summed E-state index contributed by atoms with van der Waals surface area (Å²) in [6.45, 7) is 5.16. The minimum atomic E-state index is -0.202. The number of nitrogens with one attached hydrogen (secondary N) is 3. The Bertz CT molecular complexity index is 666. The van der Waals surface area contributed by atoms with E-state index in [2.05, 4.69) is 22.9 Å². The van der Waals surface area contributed by atoms with E-state index in [-0.39, 0.29) is 17.9 Å². The molecule has 0 heterocycles. The Hall–Kier alpha value is -1.53. The van der Waals surface area contributed by atoms with Gasteiger partial charge < -0.3 is 16.0 Å². The normalized spacial score (nSPS) is 11.9. The van der Waals surface area contributed by atoms with E-state index in [1.165, 1.54) is 90.4 Å². The highest BCUT2D eigenvalue weighted by molar-refractivity contribution is 7.98. The molecule has 1 rings (SSSR count). The summed E-state index contributed by atoms with van der Waals surface area (Å²) in [5.74, 6) is 0.754. The van der Waals surface area contributed by atoms with E-state index in [9.17, 15) is 9.59 Å². The first-order valence-electron chi connectivity index (χ1n) is 13.9. The molecular weight excluding hydrogens is 454 g/mol. The number of benzene rings is 1. The zero-order chi connectivity index (χ0) is 25.6. The highest BCUT2D eigenvalue weighted by Crippen LogP contribution is 2.13.